The van der Waals surface area contributed by atoms with Crippen molar-refractivity contribution in [1.29, 1.82) is 0 Å². The molecule has 0 aliphatic rings. The highest BCUT2D eigenvalue weighted by Crippen LogP contribution is 2.17. The Kier molecular flexibility index (Phi) is 3.71. The molecule has 1 amide bonds. The summed E-state index contributed by atoms with van der Waals surface area (Å²) in [5.74, 6) is 5.37. The van der Waals surface area contributed by atoms with Crippen molar-refractivity contribution >= 4 is 17.2 Å². The van der Waals surface area contributed by atoms with E-state index in [0.717, 1.165) is 10.4 Å². The molecule has 0 aliphatic heterocycles. The highest BCUT2D eigenvalue weighted by molar-refractivity contribution is 7.14. The van der Waals surface area contributed by atoms with Crippen LogP contribution in [0.3, 0.4) is 0 Å². The van der Waals surface area contributed by atoms with Crippen LogP contribution in [0.4, 0.5) is 0 Å². The van der Waals surface area contributed by atoms with Crippen molar-refractivity contribution in [2.45, 2.75) is 6.54 Å². The number of nitrogens with one attached hydrogen (secondary N) is 1. The lowest BCUT2D eigenvalue weighted by Gasteiger charge is -1.95. The van der Waals surface area contributed by atoms with Crippen molar-refractivity contribution in [2.75, 3.05) is 0 Å². The Bertz CT molecular complexity index is 751. The first kappa shape index (κ1) is 13.4. The molecule has 0 spiro atoms. The van der Waals surface area contributed by atoms with Crippen LogP contribution in [0.25, 0.3) is 11.4 Å². The number of hydrogen-bond acceptors (Lipinski definition) is 6. The first-order valence-corrected chi connectivity index (χ1v) is 7.01. The molecule has 0 fully saturated rings. The van der Waals surface area contributed by atoms with Crippen LogP contribution < -0.4 is 11.3 Å². The van der Waals surface area contributed by atoms with Gasteiger partial charge in [0.25, 0.3) is 5.91 Å². The summed E-state index contributed by atoms with van der Waals surface area (Å²) in [5, 5.41) is 12.4. The number of hydrogen-bond donors (Lipinski definition) is 2. The fourth-order valence-electron chi connectivity index (χ4n) is 1.81. The van der Waals surface area contributed by atoms with E-state index in [9.17, 15) is 4.79 Å². The third-order valence-electron chi connectivity index (χ3n) is 2.80. The number of aromatic nitrogens is 4. The topological polar surface area (TPSA) is 98.7 Å². The van der Waals surface area contributed by atoms with Gasteiger partial charge in [-0.1, -0.05) is 30.3 Å². The molecule has 3 aromatic rings. The molecule has 0 bridgehead atoms. The van der Waals surface area contributed by atoms with Crippen molar-refractivity contribution in [3.05, 3.63) is 52.2 Å². The van der Waals surface area contributed by atoms with Crippen LogP contribution in [-0.4, -0.2) is 26.1 Å². The van der Waals surface area contributed by atoms with Crippen LogP contribution in [0.1, 0.15) is 14.5 Å². The second kappa shape index (κ2) is 5.81. The highest BCUT2D eigenvalue weighted by atomic mass is 32.1. The molecule has 0 saturated heterocycles. The molecule has 2 aromatic heterocycles. The Morgan fingerprint density at radius 2 is 2.05 bits per heavy atom. The first-order valence-electron chi connectivity index (χ1n) is 6.19. The standard InChI is InChI=1S/C13H12N6OS/c14-15-13(20)11-7-6-10(21-11)8-19-17-12(16-18-19)9-4-2-1-3-5-9/h1-7H,8,14H2,(H,15,20). The molecule has 0 unspecified atom stereocenters. The van der Waals surface area contributed by atoms with Gasteiger partial charge in [0.05, 0.1) is 11.4 Å². The van der Waals surface area contributed by atoms with E-state index in [4.69, 9.17) is 5.84 Å². The summed E-state index contributed by atoms with van der Waals surface area (Å²) in [6.45, 7) is 0.461. The minimum atomic E-state index is -0.303. The largest absolute Gasteiger partial charge is 0.289 e. The fraction of sp³-hybridized carbons (Fsp3) is 0.0769. The SMILES string of the molecule is NNC(=O)c1ccc(Cn2nnc(-c3ccccc3)n2)s1. The minimum absolute atomic E-state index is 0.303. The van der Waals surface area contributed by atoms with Gasteiger partial charge in [-0.2, -0.15) is 4.80 Å². The van der Waals surface area contributed by atoms with E-state index < -0.39 is 0 Å². The number of nitrogen functional groups attached to an aromatic ring is 1. The molecular formula is C13H12N6OS. The number of carbonyl (C=O) groups excluding carboxylic acids is 1. The van der Waals surface area contributed by atoms with E-state index in [2.05, 4.69) is 20.8 Å². The van der Waals surface area contributed by atoms with E-state index in [-0.39, 0.29) is 5.91 Å². The van der Waals surface area contributed by atoms with Crippen molar-refractivity contribution in [1.82, 2.24) is 25.6 Å². The summed E-state index contributed by atoms with van der Waals surface area (Å²) in [7, 11) is 0. The number of tetrazole rings is 1. The number of rotatable bonds is 4. The molecule has 0 atom stereocenters. The molecule has 3 rings (SSSR count). The van der Waals surface area contributed by atoms with Crippen LogP contribution in [0.2, 0.25) is 0 Å². The second-order valence-electron chi connectivity index (χ2n) is 4.25. The Morgan fingerprint density at radius 3 is 2.81 bits per heavy atom. The number of thiophene rings is 1. The van der Waals surface area contributed by atoms with Gasteiger partial charge in [0.15, 0.2) is 0 Å². The average molecular weight is 300 g/mol. The Morgan fingerprint density at radius 1 is 1.24 bits per heavy atom. The van der Waals surface area contributed by atoms with Crippen molar-refractivity contribution in [3.8, 4) is 11.4 Å². The summed E-state index contributed by atoms with van der Waals surface area (Å²) in [5.41, 5.74) is 3.02. The third kappa shape index (κ3) is 2.96. The van der Waals surface area contributed by atoms with E-state index in [0.29, 0.717) is 17.2 Å². The molecule has 2 heterocycles. The van der Waals surface area contributed by atoms with E-state index >= 15 is 0 Å². The molecule has 106 valence electrons. The van der Waals surface area contributed by atoms with E-state index in [1.807, 2.05) is 36.4 Å². The first-order chi connectivity index (χ1) is 10.3. The molecule has 1 aromatic carbocycles. The Labute approximate surface area is 124 Å². The number of benzene rings is 1. The smallest absolute Gasteiger partial charge is 0.275 e. The molecule has 8 heteroatoms. The van der Waals surface area contributed by atoms with E-state index in [1.165, 1.54) is 16.1 Å². The van der Waals surface area contributed by atoms with Gasteiger partial charge < -0.3 is 0 Å². The van der Waals surface area contributed by atoms with Gasteiger partial charge in [-0.15, -0.1) is 21.5 Å². The van der Waals surface area contributed by atoms with E-state index in [1.54, 1.807) is 6.07 Å². The molecule has 3 N–H and O–H groups in total. The maximum absolute atomic E-state index is 11.4. The lowest BCUT2D eigenvalue weighted by Crippen LogP contribution is -2.29. The average Bonchev–Trinajstić information content (AvgIpc) is 3.17. The highest BCUT2D eigenvalue weighted by Gasteiger charge is 2.10. The van der Waals surface area contributed by atoms with Gasteiger partial charge in [0, 0.05) is 10.4 Å². The quantitative estimate of drug-likeness (QED) is 0.426. The van der Waals surface area contributed by atoms with Crippen molar-refractivity contribution < 1.29 is 4.79 Å². The normalized spacial score (nSPS) is 10.5. The van der Waals surface area contributed by atoms with Gasteiger partial charge >= 0.3 is 0 Å². The zero-order chi connectivity index (χ0) is 14.7. The van der Waals surface area contributed by atoms with Gasteiger partial charge in [0.2, 0.25) is 5.82 Å². The van der Waals surface area contributed by atoms with Crippen LogP contribution >= 0.6 is 11.3 Å². The molecule has 7 nitrogen and oxygen atoms in total. The minimum Gasteiger partial charge on any atom is -0.289 e. The lowest BCUT2D eigenvalue weighted by molar-refractivity contribution is 0.0957. The predicted octanol–water partition coefficient (Wildman–Crippen LogP) is 1.05. The number of carbonyl (C=O) groups is 1. The Hall–Kier alpha value is -2.58. The molecule has 0 radical (unpaired) electrons. The molecule has 21 heavy (non-hydrogen) atoms. The number of nitrogens with two attached hydrogens (primary N) is 1. The van der Waals surface area contributed by atoms with Crippen molar-refractivity contribution in [2.24, 2.45) is 5.84 Å². The fourth-order valence-corrected chi connectivity index (χ4v) is 2.69. The zero-order valence-corrected chi connectivity index (χ0v) is 11.7. The van der Waals surface area contributed by atoms with Crippen LogP contribution in [0.15, 0.2) is 42.5 Å². The van der Waals surface area contributed by atoms with Gasteiger partial charge in [-0.05, 0) is 17.3 Å². The van der Waals surface area contributed by atoms with Crippen LogP contribution in [-0.2, 0) is 6.54 Å². The Balaban J connectivity index is 1.76. The van der Waals surface area contributed by atoms with Crippen molar-refractivity contribution in [3.63, 3.8) is 0 Å². The summed E-state index contributed by atoms with van der Waals surface area (Å²) in [4.78, 5) is 14.4. The monoisotopic (exact) mass is 300 g/mol. The zero-order valence-electron chi connectivity index (χ0n) is 10.9. The number of amides is 1. The molecular weight excluding hydrogens is 288 g/mol. The molecule has 0 saturated carbocycles. The third-order valence-corrected chi connectivity index (χ3v) is 3.87. The van der Waals surface area contributed by atoms with Crippen LogP contribution in [0.5, 0.6) is 0 Å². The predicted molar refractivity (Wildman–Crippen MR) is 78.3 cm³/mol. The second-order valence-corrected chi connectivity index (χ2v) is 5.42. The van der Waals surface area contributed by atoms with Crippen LogP contribution in [0, 0.1) is 0 Å². The maximum Gasteiger partial charge on any atom is 0.275 e. The summed E-state index contributed by atoms with van der Waals surface area (Å²) in [6, 6.07) is 13.2. The number of nitrogens with zero attached hydrogens (tertiary/aromatic N) is 4. The van der Waals surface area contributed by atoms with Gasteiger partial charge in [0.1, 0.15) is 0 Å². The van der Waals surface area contributed by atoms with Gasteiger partial charge in [-0.3, -0.25) is 10.2 Å². The number of hydrazine groups is 1. The summed E-state index contributed by atoms with van der Waals surface area (Å²) >= 11 is 1.34. The summed E-state index contributed by atoms with van der Waals surface area (Å²) < 4.78 is 0. The van der Waals surface area contributed by atoms with Gasteiger partial charge in [-0.25, -0.2) is 5.84 Å². The lowest BCUT2D eigenvalue weighted by atomic mass is 10.2. The summed E-state index contributed by atoms with van der Waals surface area (Å²) in [6.07, 6.45) is 0. The maximum atomic E-state index is 11.4. The molecule has 0 aliphatic carbocycles.